The minimum absolute atomic E-state index is 0. The average molecular weight is 277 g/mol. The van der Waals surface area contributed by atoms with E-state index >= 15 is 0 Å². The van der Waals surface area contributed by atoms with Crippen LogP contribution in [0.4, 0.5) is 0 Å². The molecule has 0 aromatic heterocycles. The van der Waals surface area contributed by atoms with Crippen molar-refractivity contribution in [1.29, 1.82) is 5.41 Å². The van der Waals surface area contributed by atoms with Crippen LogP contribution in [0.1, 0.15) is 13.8 Å². The predicted octanol–water partition coefficient (Wildman–Crippen LogP) is -3.23. The second kappa shape index (κ2) is 22.7. The largest absolute Gasteiger partial charge is 2.00 e. The Kier molecular flexibility index (Phi) is 47.4. The van der Waals surface area contributed by atoms with Gasteiger partial charge in [-0.2, -0.15) is 0 Å². The molecule has 1 radical (unpaired) electrons. The summed E-state index contributed by atoms with van der Waals surface area (Å²) in [7, 11) is 0. The molecule has 0 rings (SSSR count). The molecule has 5 N–H and O–H groups in total. The summed E-state index contributed by atoms with van der Waals surface area (Å²) in [4.78, 5) is 17.8. The Balaban J connectivity index is -0.0000000270. The maximum absolute atomic E-state index is 8.89. The van der Waals surface area contributed by atoms with Crippen LogP contribution in [0.15, 0.2) is 0 Å². The van der Waals surface area contributed by atoms with Crippen molar-refractivity contribution in [1.82, 2.24) is 0 Å². The van der Waals surface area contributed by atoms with Gasteiger partial charge in [-0.05, 0) is 13.8 Å². The molecular formula is C5H12ClCuN3O4. The van der Waals surface area contributed by atoms with Gasteiger partial charge in [0.25, 0.3) is 0 Å². The minimum Gasteiger partial charge on any atom is -0.550 e. The number of hydrogen-bond acceptors (Lipinski definition) is 5. The molecule has 0 aliphatic carbocycles. The zero-order valence-electron chi connectivity index (χ0n) is 7.50. The first-order valence-electron chi connectivity index (χ1n) is 2.64. The van der Waals surface area contributed by atoms with E-state index in [9.17, 15) is 0 Å². The first-order chi connectivity index (χ1) is 5.20. The van der Waals surface area contributed by atoms with E-state index in [1.807, 2.05) is 0 Å². The molecule has 0 aromatic carbocycles. The van der Waals surface area contributed by atoms with Crippen molar-refractivity contribution in [3.8, 4) is 0 Å². The van der Waals surface area contributed by atoms with E-state index in [0.717, 1.165) is 13.8 Å². The molecule has 7 nitrogen and oxygen atoms in total. The number of rotatable bonds is 0. The van der Waals surface area contributed by atoms with Crippen LogP contribution in [0, 0.1) is 5.41 Å². The van der Waals surface area contributed by atoms with E-state index in [-0.39, 0.29) is 35.4 Å². The molecule has 9 heteroatoms. The van der Waals surface area contributed by atoms with Crippen molar-refractivity contribution in [2.75, 3.05) is 0 Å². The molecule has 0 aromatic rings. The zero-order valence-corrected chi connectivity index (χ0v) is 9.26. The molecule has 0 saturated heterocycles. The Morgan fingerprint density at radius 1 is 1.07 bits per heavy atom. The third kappa shape index (κ3) is 1150. The maximum atomic E-state index is 8.89. The van der Waals surface area contributed by atoms with E-state index in [1.165, 1.54) is 0 Å². The fourth-order valence-corrected chi connectivity index (χ4v) is 0. The number of carboxylic acids is 2. The molecule has 14 heavy (non-hydrogen) atoms. The summed E-state index contributed by atoms with van der Waals surface area (Å²) in [6.45, 7) is 1.94. The average Bonchev–Trinajstić information content (AvgIpc) is 1.54. The van der Waals surface area contributed by atoms with E-state index in [1.54, 1.807) is 0 Å². The number of carbonyl (C=O) groups excluding carboxylic acids is 2. The van der Waals surface area contributed by atoms with Crippen molar-refractivity contribution in [3.05, 3.63) is 0 Å². The summed E-state index contributed by atoms with van der Waals surface area (Å²) in [5.74, 6) is -2.50. The van der Waals surface area contributed by atoms with Crippen LogP contribution in [0.3, 0.4) is 0 Å². The van der Waals surface area contributed by atoms with E-state index in [0.29, 0.717) is 0 Å². The molecule has 0 bridgehead atoms. The second-order valence-corrected chi connectivity index (χ2v) is 1.44. The van der Waals surface area contributed by atoms with E-state index in [2.05, 4.69) is 11.5 Å². The van der Waals surface area contributed by atoms with Crippen molar-refractivity contribution < 1.29 is 36.9 Å². The molecule has 0 amide bonds. The molecule has 0 saturated carbocycles. The Labute approximate surface area is 98.2 Å². The van der Waals surface area contributed by atoms with Gasteiger partial charge in [0.2, 0.25) is 0 Å². The number of hydrogen-bond donors (Lipinski definition) is 3. The maximum Gasteiger partial charge on any atom is 2.00 e. The molecule has 0 fully saturated rings. The summed E-state index contributed by atoms with van der Waals surface area (Å²) >= 11 is 0. The van der Waals surface area contributed by atoms with Crippen LogP contribution < -0.4 is 21.7 Å². The number of nitrogens with two attached hydrogens (primary N) is 2. The summed E-state index contributed by atoms with van der Waals surface area (Å²) in [6.07, 6.45) is 0. The van der Waals surface area contributed by atoms with Crippen molar-refractivity contribution in [3.63, 3.8) is 0 Å². The quantitative estimate of drug-likeness (QED) is 0.240. The minimum atomic E-state index is -1.08. The molecule has 0 spiro atoms. The van der Waals surface area contributed by atoms with Crippen LogP contribution in [0.5, 0.6) is 0 Å². The number of aliphatic carboxylic acids is 2. The SMILES string of the molecule is CC(=O)[O-].CC(=O)[O-].Cl.N=C(N)N.[Cu+2]. The van der Waals surface area contributed by atoms with Gasteiger partial charge in [0.05, 0.1) is 0 Å². The Morgan fingerprint density at radius 3 is 1.07 bits per heavy atom. The summed E-state index contributed by atoms with van der Waals surface area (Å²) in [5.41, 5.74) is 8.94. The topological polar surface area (TPSA) is 156 Å². The van der Waals surface area contributed by atoms with Gasteiger partial charge in [0.15, 0.2) is 5.96 Å². The fourth-order valence-electron chi connectivity index (χ4n) is 0. The fraction of sp³-hybridized carbons (Fsp3) is 0.400. The van der Waals surface area contributed by atoms with Crippen LogP contribution in [-0.4, -0.2) is 17.9 Å². The van der Waals surface area contributed by atoms with Crippen molar-refractivity contribution in [2.24, 2.45) is 11.5 Å². The van der Waals surface area contributed by atoms with E-state index in [4.69, 9.17) is 25.2 Å². The molecule has 89 valence electrons. The number of halogens is 1. The van der Waals surface area contributed by atoms with Gasteiger partial charge in [-0.3, -0.25) is 5.41 Å². The van der Waals surface area contributed by atoms with Crippen LogP contribution >= 0.6 is 12.4 Å². The van der Waals surface area contributed by atoms with Gasteiger partial charge < -0.3 is 31.3 Å². The number of carboxylic acid groups (broad SMARTS) is 2. The molecule has 0 aliphatic heterocycles. The number of nitrogens with one attached hydrogen (secondary N) is 1. The zero-order chi connectivity index (χ0) is 10.7. The van der Waals surface area contributed by atoms with Gasteiger partial charge in [-0.25, -0.2) is 0 Å². The Hall–Kier alpha value is -0.981. The first-order valence-corrected chi connectivity index (χ1v) is 2.64. The second-order valence-electron chi connectivity index (χ2n) is 1.44. The summed E-state index contributed by atoms with van der Waals surface area (Å²) in [5, 5.41) is 23.8. The molecule has 0 aliphatic rings. The van der Waals surface area contributed by atoms with Gasteiger partial charge in [0, 0.05) is 11.9 Å². The molecule has 0 unspecified atom stereocenters. The third-order valence-electron chi connectivity index (χ3n) is 0. The smallest absolute Gasteiger partial charge is 0.550 e. The van der Waals surface area contributed by atoms with Gasteiger partial charge >= 0.3 is 17.1 Å². The first kappa shape index (κ1) is 29.2. The third-order valence-corrected chi connectivity index (χ3v) is 0. The van der Waals surface area contributed by atoms with Crippen LogP contribution in [-0.2, 0) is 26.7 Å². The molecular weight excluding hydrogens is 265 g/mol. The standard InChI is InChI=1S/2C2H4O2.CH5N3.ClH.Cu/c2*1-2(3)4;2-1(3)4;;/h2*1H3,(H,3,4);(H5,2,3,4);1H;/q;;;;+2/p-2. The van der Waals surface area contributed by atoms with Crippen molar-refractivity contribution in [2.45, 2.75) is 13.8 Å². The van der Waals surface area contributed by atoms with Crippen LogP contribution in [0.2, 0.25) is 0 Å². The van der Waals surface area contributed by atoms with Gasteiger partial charge in [-0.1, -0.05) is 0 Å². The summed E-state index contributed by atoms with van der Waals surface area (Å²) < 4.78 is 0. The Morgan fingerprint density at radius 2 is 1.07 bits per heavy atom. The normalized spacial score (nSPS) is 5.29. The number of guanidine groups is 1. The monoisotopic (exact) mass is 276 g/mol. The van der Waals surface area contributed by atoms with Gasteiger partial charge in [0.1, 0.15) is 0 Å². The molecule has 0 atom stereocenters. The van der Waals surface area contributed by atoms with Crippen molar-refractivity contribution >= 4 is 30.3 Å². The van der Waals surface area contributed by atoms with E-state index < -0.39 is 11.9 Å². The molecule has 0 heterocycles. The van der Waals surface area contributed by atoms with Gasteiger partial charge in [-0.15, -0.1) is 12.4 Å². The predicted molar refractivity (Wildman–Crippen MR) is 44.7 cm³/mol. The van der Waals surface area contributed by atoms with Crippen LogP contribution in [0.25, 0.3) is 0 Å². The Bertz CT molecular complexity index is 127. The summed E-state index contributed by atoms with van der Waals surface area (Å²) in [6, 6.07) is 0. The number of carbonyl (C=O) groups is 2.